The van der Waals surface area contributed by atoms with Crippen molar-refractivity contribution < 1.29 is 14.3 Å². The van der Waals surface area contributed by atoms with Gasteiger partial charge in [0.15, 0.2) is 0 Å². The molecule has 1 aliphatic rings. The minimum Gasteiger partial charge on any atom is -0.494 e. The van der Waals surface area contributed by atoms with E-state index in [1.165, 1.54) is 4.90 Å². The van der Waals surface area contributed by atoms with Crippen molar-refractivity contribution in [3.05, 3.63) is 30.3 Å². The molecule has 2 amide bonds. The number of piperazine rings is 1. The zero-order valence-electron chi connectivity index (χ0n) is 11.7. The number of imide groups is 1. The first-order chi connectivity index (χ1) is 9.72. The summed E-state index contributed by atoms with van der Waals surface area (Å²) >= 11 is 0. The van der Waals surface area contributed by atoms with Crippen molar-refractivity contribution in [2.24, 2.45) is 0 Å². The lowest BCUT2D eigenvalue weighted by Gasteiger charge is -2.31. The van der Waals surface area contributed by atoms with Crippen LogP contribution in [-0.4, -0.2) is 42.5 Å². The summed E-state index contributed by atoms with van der Waals surface area (Å²) in [7, 11) is 0. The molecule has 1 atom stereocenters. The monoisotopic (exact) mass is 276 g/mol. The van der Waals surface area contributed by atoms with Gasteiger partial charge in [-0.2, -0.15) is 0 Å². The lowest BCUT2D eigenvalue weighted by Crippen LogP contribution is -2.58. The smallest absolute Gasteiger partial charge is 0.246 e. The highest BCUT2D eigenvalue weighted by Gasteiger charge is 2.32. The summed E-state index contributed by atoms with van der Waals surface area (Å²) < 4.78 is 5.56. The van der Waals surface area contributed by atoms with Crippen molar-refractivity contribution in [1.82, 2.24) is 10.2 Å². The number of nitrogens with zero attached hydrogens (tertiary/aromatic N) is 1. The number of para-hydroxylation sites is 1. The second-order valence-corrected chi connectivity index (χ2v) is 4.74. The summed E-state index contributed by atoms with van der Waals surface area (Å²) in [5.74, 6) is 0.528. The summed E-state index contributed by atoms with van der Waals surface area (Å²) in [6, 6.07) is 9.27. The molecule has 0 spiro atoms. The highest BCUT2D eigenvalue weighted by molar-refractivity contribution is 6.01. The summed E-state index contributed by atoms with van der Waals surface area (Å²) in [6.07, 6.45) is 1.34. The van der Waals surface area contributed by atoms with E-state index in [-0.39, 0.29) is 24.4 Å². The number of benzene rings is 1. The zero-order chi connectivity index (χ0) is 14.4. The molecule has 108 valence electrons. The third-order valence-electron chi connectivity index (χ3n) is 3.31. The van der Waals surface area contributed by atoms with Gasteiger partial charge >= 0.3 is 0 Å². The highest BCUT2D eigenvalue weighted by atomic mass is 16.5. The molecule has 1 aromatic carbocycles. The minimum atomic E-state index is -0.234. The summed E-state index contributed by atoms with van der Waals surface area (Å²) in [5.41, 5.74) is 0. The number of hydrogen-bond acceptors (Lipinski definition) is 4. The lowest BCUT2D eigenvalue weighted by atomic mass is 10.1. The van der Waals surface area contributed by atoms with Gasteiger partial charge in [-0.25, -0.2) is 0 Å². The third kappa shape index (κ3) is 3.57. The van der Waals surface area contributed by atoms with Gasteiger partial charge in [-0.05, 0) is 25.0 Å². The number of nitrogens with one attached hydrogen (secondary N) is 1. The molecule has 1 fully saturated rings. The Morgan fingerprint density at radius 3 is 2.75 bits per heavy atom. The molecule has 20 heavy (non-hydrogen) atoms. The van der Waals surface area contributed by atoms with Crippen molar-refractivity contribution in [3.8, 4) is 5.75 Å². The van der Waals surface area contributed by atoms with E-state index in [0.717, 1.165) is 5.75 Å². The Bertz CT molecular complexity index is 461. The quantitative estimate of drug-likeness (QED) is 0.626. The number of hydrogen-bond donors (Lipinski definition) is 1. The van der Waals surface area contributed by atoms with Crippen LogP contribution in [0, 0.1) is 0 Å². The number of carbonyl (C=O) groups is 2. The van der Waals surface area contributed by atoms with Gasteiger partial charge in [-0.15, -0.1) is 0 Å². The Balaban J connectivity index is 1.77. The average Bonchev–Trinajstić information content (AvgIpc) is 2.47. The number of carbonyl (C=O) groups excluding carboxylic acids is 2. The maximum atomic E-state index is 12.0. The van der Waals surface area contributed by atoms with Crippen molar-refractivity contribution in [1.29, 1.82) is 0 Å². The van der Waals surface area contributed by atoms with Crippen molar-refractivity contribution in [3.63, 3.8) is 0 Å². The fourth-order valence-corrected chi connectivity index (χ4v) is 2.19. The molecule has 0 aliphatic carbocycles. The van der Waals surface area contributed by atoms with Gasteiger partial charge in [-0.3, -0.25) is 19.8 Å². The van der Waals surface area contributed by atoms with Crippen molar-refractivity contribution in [2.75, 3.05) is 19.7 Å². The van der Waals surface area contributed by atoms with Gasteiger partial charge in [0.1, 0.15) is 5.75 Å². The fraction of sp³-hybridized carbons (Fsp3) is 0.467. The molecule has 0 bridgehead atoms. The molecular formula is C15H20N2O3. The maximum absolute atomic E-state index is 12.0. The summed E-state index contributed by atoms with van der Waals surface area (Å²) in [5, 5.41) is 2.94. The van der Waals surface area contributed by atoms with Gasteiger partial charge < -0.3 is 4.74 Å². The van der Waals surface area contributed by atoms with Crippen LogP contribution >= 0.6 is 0 Å². The first-order valence-electron chi connectivity index (χ1n) is 6.97. The topological polar surface area (TPSA) is 58.6 Å². The molecule has 0 saturated carbocycles. The van der Waals surface area contributed by atoms with E-state index in [1.807, 2.05) is 37.3 Å². The van der Waals surface area contributed by atoms with Gasteiger partial charge in [0.05, 0.1) is 19.2 Å². The van der Waals surface area contributed by atoms with Crippen molar-refractivity contribution >= 4 is 11.8 Å². The Labute approximate surface area is 118 Å². The van der Waals surface area contributed by atoms with Gasteiger partial charge in [0, 0.05) is 6.54 Å². The van der Waals surface area contributed by atoms with Gasteiger partial charge in [0.2, 0.25) is 11.8 Å². The molecule has 0 radical (unpaired) electrons. The maximum Gasteiger partial charge on any atom is 0.246 e. The second kappa shape index (κ2) is 7.05. The van der Waals surface area contributed by atoms with E-state index in [2.05, 4.69) is 5.32 Å². The third-order valence-corrected chi connectivity index (χ3v) is 3.31. The number of rotatable bonds is 6. The Hall–Kier alpha value is -1.88. The Morgan fingerprint density at radius 1 is 1.30 bits per heavy atom. The molecule has 0 aromatic heterocycles. The van der Waals surface area contributed by atoms with Crippen LogP contribution in [0.2, 0.25) is 0 Å². The summed E-state index contributed by atoms with van der Waals surface area (Å²) in [4.78, 5) is 25.1. The van der Waals surface area contributed by atoms with E-state index < -0.39 is 0 Å². The predicted molar refractivity (Wildman–Crippen MR) is 75.4 cm³/mol. The molecular weight excluding hydrogens is 256 g/mol. The minimum absolute atomic E-state index is 0.122. The zero-order valence-corrected chi connectivity index (χ0v) is 11.7. The van der Waals surface area contributed by atoms with Crippen LogP contribution < -0.4 is 10.1 Å². The molecule has 1 heterocycles. The molecule has 5 nitrogen and oxygen atoms in total. The first-order valence-corrected chi connectivity index (χ1v) is 6.97. The van der Waals surface area contributed by atoms with E-state index in [9.17, 15) is 9.59 Å². The molecule has 1 saturated heterocycles. The first kappa shape index (κ1) is 14.5. The van der Waals surface area contributed by atoms with E-state index >= 15 is 0 Å². The van der Waals surface area contributed by atoms with Crippen molar-refractivity contribution in [2.45, 2.75) is 25.8 Å². The van der Waals surface area contributed by atoms with Crippen LogP contribution in [0.3, 0.4) is 0 Å². The van der Waals surface area contributed by atoms with Gasteiger partial charge in [-0.1, -0.05) is 25.1 Å². The fourth-order valence-electron chi connectivity index (χ4n) is 2.19. The van der Waals surface area contributed by atoms with Crippen LogP contribution in [-0.2, 0) is 9.59 Å². The Kier molecular flexibility index (Phi) is 5.12. The number of ether oxygens (including phenoxy) is 1. The molecule has 5 heteroatoms. The van der Waals surface area contributed by atoms with Crippen LogP contribution in [0.15, 0.2) is 30.3 Å². The summed E-state index contributed by atoms with van der Waals surface area (Å²) in [6.45, 7) is 3.08. The lowest BCUT2D eigenvalue weighted by molar-refractivity contribution is -0.149. The predicted octanol–water partition coefficient (Wildman–Crippen LogP) is 1.19. The van der Waals surface area contributed by atoms with Gasteiger partial charge in [0.25, 0.3) is 0 Å². The van der Waals surface area contributed by atoms with E-state index in [4.69, 9.17) is 4.74 Å². The highest BCUT2D eigenvalue weighted by Crippen LogP contribution is 2.10. The second-order valence-electron chi connectivity index (χ2n) is 4.74. The molecule has 2 rings (SSSR count). The van der Waals surface area contributed by atoms with Crippen LogP contribution in [0.25, 0.3) is 0 Å². The van der Waals surface area contributed by atoms with Crippen LogP contribution in [0.1, 0.15) is 19.8 Å². The van der Waals surface area contributed by atoms with E-state index in [0.29, 0.717) is 26.0 Å². The van der Waals surface area contributed by atoms with Crippen LogP contribution in [0.5, 0.6) is 5.75 Å². The molecule has 1 unspecified atom stereocenters. The molecule has 1 N–H and O–H groups in total. The standard InChI is InChI=1S/C15H20N2O3/c1-2-13-15(19)17(14(18)11-16-13)9-6-10-20-12-7-4-3-5-8-12/h3-5,7-8,13,16H,2,6,9-11H2,1H3. The van der Waals surface area contributed by atoms with E-state index in [1.54, 1.807) is 0 Å². The molecule has 1 aliphatic heterocycles. The SMILES string of the molecule is CCC1NCC(=O)N(CCCOc2ccccc2)C1=O. The largest absolute Gasteiger partial charge is 0.494 e. The molecule has 1 aromatic rings. The van der Waals surface area contributed by atoms with Crippen LogP contribution in [0.4, 0.5) is 0 Å². The Morgan fingerprint density at radius 2 is 2.05 bits per heavy atom. The average molecular weight is 276 g/mol. The number of amides is 2. The normalized spacial score (nSPS) is 19.2.